The van der Waals surface area contributed by atoms with Crippen LogP contribution in [0.2, 0.25) is 0 Å². The lowest BCUT2D eigenvalue weighted by Crippen LogP contribution is -2.21. The number of rotatable bonds is 5. The monoisotopic (exact) mass is 228 g/mol. The molecule has 4 heteroatoms. The van der Waals surface area contributed by atoms with Gasteiger partial charge in [0.25, 0.3) is 5.92 Å². The zero-order valence-corrected chi connectivity index (χ0v) is 9.08. The molecule has 0 N–H and O–H groups in total. The van der Waals surface area contributed by atoms with Gasteiger partial charge in [0.15, 0.2) is 0 Å². The summed E-state index contributed by atoms with van der Waals surface area (Å²) in [5.41, 5.74) is 0.567. The van der Waals surface area contributed by atoms with E-state index in [1.54, 1.807) is 30.3 Å². The van der Waals surface area contributed by atoms with Gasteiger partial charge in [-0.1, -0.05) is 30.3 Å². The summed E-state index contributed by atoms with van der Waals surface area (Å²) in [4.78, 5) is 10.8. The molecule has 0 heterocycles. The molecule has 0 aromatic heterocycles. The minimum absolute atomic E-state index is 0.254. The molecule has 88 valence electrons. The van der Waals surface area contributed by atoms with Crippen LogP contribution < -0.4 is 0 Å². The number of carbonyl (C=O) groups is 1. The van der Waals surface area contributed by atoms with E-state index in [0.717, 1.165) is 0 Å². The van der Waals surface area contributed by atoms with E-state index in [1.807, 2.05) is 0 Å². The first-order valence-corrected chi connectivity index (χ1v) is 5.02. The van der Waals surface area contributed by atoms with Gasteiger partial charge in [-0.3, -0.25) is 4.79 Å². The Labute approximate surface area is 93.2 Å². The van der Waals surface area contributed by atoms with Gasteiger partial charge >= 0.3 is 5.97 Å². The maximum atomic E-state index is 13.4. The van der Waals surface area contributed by atoms with Gasteiger partial charge in [0.2, 0.25) is 0 Å². The highest BCUT2D eigenvalue weighted by atomic mass is 19.3. The van der Waals surface area contributed by atoms with Gasteiger partial charge in [-0.2, -0.15) is 0 Å². The van der Waals surface area contributed by atoms with E-state index >= 15 is 0 Å². The van der Waals surface area contributed by atoms with E-state index in [0.29, 0.717) is 5.56 Å². The van der Waals surface area contributed by atoms with Crippen LogP contribution in [0, 0.1) is 0 Å². The Hall–Kier alpha value is -1.45. The Bertz CT molecular complexity index is 336. The van der Waals surface area contributed by atoms with Gasteiger partial charge in [0.1, 0.15) is 0 Å². The third-order valence-corrected chi connectivity index (χ3v) is 2.23. The van der Waals surface area contributed by atoms with E-state index in [2.05, 4.69) is 4.74 Å². The van der Waals surface area contributed by atoms with Crippen LogP contribution in [-0.2, 0) is 16.0 Å². The van der Waals surface area contributed by atoms with Gasteiger partial charge < -0.3 is 4.74 Å². The molecule has 1 aromatic carbocycles. The standard InChI is InChI=1S/C12H14F2O2/c1-16-11(15)7-8-12(13,14)9-10-5-3-2-4-6-10/h2-6H,7-9H2,1H3. The van der Waals surface area contributed by atoms with Crippen molar-refractivity contribution in [1.29, 1.82) is 0 Å². The maximum Gasteiger partial charge on any atom is 0.305 e. The highest BCUT2D eigenvalue weighted by Crippen LogP contribution is 2.25. The molecular weight excluding hydrogens is 214 g/mol. The second kappa shape index (κ2) is 5.58. The summed E-state index contributed by atoms with van der Waals surface area (Å²) in [6, 6.07) is 8.49. The van der Waals surface area contributed by atoms with Crippen molar-refractivity contribution in [2.24, 2.45) is 0 Å². The Morgan fingerprint density at radius 3 is 2.50 bits per heavy atom. The van der Waals surface area contributed by atoms with Crippen LogP contribution in [0.1, 0.15) is 18.4 Å². The second-order valence-corrected chi connectivity index (χ2v) is 3.59. The Kier molecular flexibility index (Phi) is 4.40. The smallest absolute Gasteiger partial charge is 0.305 e. The van der Waals surface area contributed by atoms with E-state index in [4.69, 9.17) is 0 Å². The molecule has 0 fully saturated rings. The minimum atomic E-state index is -2.87. The number of ether oxygens (including phenoxy) is 1. The molecule has 0 saturated carbocycles. The van der Waals surface area contributed by atoms with Crippen LogP contribution in [0.5, 0.6) is 0 Å². The Morgan fingerprint density at radius 1 is 1.31 bits per heavy atom. The summed E-state index contributed by atoms with van der Waals surface area (Å²) in [5, 5.41) is 0. The first-order valence-electron chi connectivity index (χ1n) is 5.02. The molecule has 0 aliphatic heterocycles. The van der Waals surface area contributed by atoms with Crippen molar-refractivity contribution in [2.75, 3.05) is 7.11 Å². The molecule has 1 rings (SSSR count). The van der Waals surface area contributed by atoms with E-state index < -0.39 is 18.3 Å². The molecule has 0 spiro atoms. The number of hydrogen-bond donors (Lipinski definition) is 0. The predicted molar refractivity (Wildman–Crippen MR) is 56.3 cm³/mol. The average molecular weight is 228 g/mol. The zero-order chi connectivity index (χ0) is 12.0. The van der Waals surface area contributed by atoms with Crippen LogP contribution in [0.3, 0.4) is 0 Å². The number of alkyl halides is 2. The van der Waals surface area contributed by atoms with E-state index in [9.17, 15) is 13.6 Å². The molecule has 1 aromatic rings. The molecule has 0 amide bonds. The maximum absolute atomic E-state index is 13.4. The van der Waals surface area contributed by atoms with Crippen molar-refractivity contribution >= 4 is 5.97 Å². The summed E-state index contributed by atoms with van der Waals surface area (Å²) in [6.07, 6.45) is -1.07. The van der Waals surface area contributed by atoms with Crippen LogP contribution in [-0.4, -0.2) is 19.0 Å². The number of carbonyl (C=O) groups excluding carboxylic acids is 1. The third kappa shape index (κ3) is 4.38. The molecule has 0 radical (unpaired) electrons. The van der Waals surface area contributed by atoms with Crippen molar-refractivity contribution in [1.82, 2.24) is 0 Å². The number of methoxy groups -OCH3 is 1. The van der Waals surface area contributed by atoms with E-state index in [-0.39, 0.29) is 12.8 Å². The highest BCUT2D eigenvalue weighted by Gasteiger charge is 2.29. The third-order valence-electron chi connectivity index (χ3n) is 2.23. The molecule has 16 heavy (non-hydrogen) atoms. The predicted octanol–water partition coefficient (Wildman–Crippen LogP) is 2.82. The molecule has 0 aliphatic carbocycles. The normalized spacial score (nSPS) is 11.2. The summed E-state index contributed by atoms with van der Waals surface area (Å²) in [5.74, 6) is -3.47. The molecular formula is C12H14F2O2. The molecule has 2 nitrogen and oxygen atoms in total. The molecule has 0 aliphatic rings. The van der Waals surface area contributed by atoms with Gasteiger partial charge in [0.05, 0.1) is 13.5 Å². The Balaban J connectivity index is 2.48. The fourth-order valence-corrected chi connectivity index (χ4v) is 1.37. The fraction of sp³-hybridized carbons (Fsp3) is 0.417. The number of benzene rings is 1. The first-order chi connectivity index (χ1) is 7.53. The topological polar surface area (TPSA) is 26.3 Å². The first kappa shape index (κ1) is 12.6. The highest BCUT2D eigenvalue weighted by molar-refractivity contribution is 5.69. The number of halogens is 2. The summed E-state index contributed by atoms with van der Waals surface area (Å²) in [7, 11) is 1.19. The van der Waals surface area contributed by atoms with Crippen molar-refractivity contribution in [3.05, 3.63) is 35.9 Å². The average Bonchev–Trinajstić information content (AvgIpc) is 2.27. The molecule has 0 bridgehead atoms. The SMILES string of the molecule is COC(=O)CCC(F)(F)Cc1ccccc1. The lowest BCUT2D eigenvalue weighted by atomic mass is 10.0. The van der Waals surface area contributed by atoms with Crippen LogP contribution in [0.15, 0.2) is 30.3 Å². The van der Waals surface area contributed by atoms with Crippen LogP contribution in [0.25, 0.3) is 0 Å². The lowest BCUT2D eigenvalue weighted by Gasteiger charge is -2.15. The number of hydrogen-bond acceptors (Lipinski definition) is 2. The van der Waals surface area contributed by atoms with Gasteiger partial charge in [0, 0.05) is 12.8 Å². The minimum Gasteiger partial charge on any atom is -0.469 e. The van der Waals surface area contributed by atoms with Gasteiger partial charge in [-0.15, -0.1) is 0 Å². The molecule has 0 saturated heterocycles. The van der Waals surface area contributed by atoms with E-state index in [1.165, 1.54) is 7.11 Å². The Morgan fingerprint density at radius 2 is 1.94 bits per heavy atom. The van der Waals surface area contributed by atoms with Crippen LogP contribution >= 0.6 is 0 Å². The second-order valence-electron chi connectivity index (χ2n) is 3.59. The van der Waals surface area contributed by atoms with Crippen LogP contribution in [0.4, 0.5) is 8.78 Å². The van der Waals surface area contributed by atoms with Crippen molar-refractivity contribution in [3.63, 3.8) is 0 Å². The summed E-state index contributed by atoms with van der Waals surface area (Å²) < 4.78 is 31.1. The quantitative estimate of drug-likeness (QED) is 0.724. The molecule has 0 atom stereocenters. The van der Waals surface area contributed by atoms with Crippen molar-refractivity contribution in [3.8, 4) is 0 Å². The lowest BCUT2D eigenvalue weighted by molar-refractivity contribution is -0.142. The number of esters is 1. The van der Waals surface area contributed by atoms with Gasteiger partial charge in [-0.25, -0.2) is 8.78 Å². The van der Waals surface area contributed by atoms with Gasteiger partial charge in [-0.05, 0) is 5.56 Å². The summed E-state index contributed by atoms with van der Waals surface area (Å²) in [6.45, 7) is 0. The summed E-state index contributed by atoms with van der Waals surface area (Å²) >= 11 is 0. The molecule has 0 unspecified atom stereocenters. The fourth-order valence-electron chi connectivity index (χ4n) is 1.37. The van der Waals surface area contributed by atoms with Crippen molar-refractivity contribution < 1.29 is 18.3 Å². The largest absolute Gasteiger partial charge is 0.469 e. The van der Waals surface area contributed by atoms with Crippen molar-refractivity contribution in [2.45, 2.75) is 25.2 Å². The zero-order valence-electron chi connectivity index (χ0n) is 9.08.